The van der Waals surface area contributed by atoms with Crippen molar-refractivity contribution in [3.05, 3.63) is 84.4 Å². The molecule has 0 fully saturated rings. The molecule has 0 saturated heterocycles. The molecule has 26 heavy (non-hydrogen) atoms. The van der Waals surface area contributed by atoms with Crippen molar-refractivity contribution in [2.45, 2.75) is 26.2 Å². The first-order valence-electron chi connectivity index (χ1n) is 9.19. The van der Waals surface area contributed by atoms with Gasteiger partial charge in [0, 0.05) is 0 Å². The molecule has 2 heteroatoms. The molecule has 0 radical (unpaired) electrons. The third-order valence-corrected chi connectivity index (χ3v) is 6.89. The Balaban J connectivity index is 1.71. The number of fused-ring (bicyclic) bond motifs is 1. The van der Waals surface area contributed by atoms with Gasteiger partial charge in [0.15, 0.2) is 0 Å². The summed E-state index contributed by atoms with van der Waals surface area (Å²) in [6.45, 7) is 2.24. The van der Waals surface area contributed by atoms with Gasteiger partial charge >= 0.3 is 161 Å². The molecule has 0 saturated carbocycles. The Hall–Kier alpha value is -2.28. The topological polar surface area (TPSA) is 13.1 Å². The van der Waals surface area contributed by atoms with Gasteiger partial charge in [0.05, 0.1) is 0 Å². The van der Waals surface area contributed by atoms with Crippen molar-refractivity contribution in [1.29, 1.82) is 0 Å². The molecule has 1 aromatic heterocycles. The van der Waals surface area contributed by atoms with Crippen LogP contribution in [0.2, 0.25) is 0 Å². The zero-order chi connectivity index (χ0) is 17.8. The van der Waals surface area contributed by atoms with Crippen LogP contribution in [0.4, 0.5) is 0 Å². The van der Waals surface area contributed by atoms with E-state index in [4.69, 9.17) is 4.42 Å². The van der Waals surface area contributed by atoms with Gasteiger partial charge in [-0.2, -0.15) is 0 Å². The van der Waals surface area contributed by atoms with Gasteiger partial charge in [-0.05, 0) is 0 Å². The van der Waals surface area contributed by atoms with Crippen molar-refractivity contribution in [3.8, 4) is 11.3 Å². The maximum absolute atomic E-state index is 6.25. The number of aryl methyl sites for hydroxylation is 1. The first-order valence-corrected chi connectivity index (χ1v) is 10.9. The van der Waals surface area contributed by atoms with E-state index in [0.717, 1.165) is 16.9 Å². The van der Waals surface area contributed by atoms with Gasteiger partial charge in [0.2, 0.25) is 0 Å². The molecule has 1 nitrogen and oxygen atoms in total. The van der Waals surface area contributed by atoms with Crippen molar-refractivity contribution >= 4 is 34.8 Å². The molecule has 0 amide bonds. The van der Waals surface area contributed by atoms with Crippen LogP contribution in [0, 0.1) is 0 Å². The number of unbranched alkanes of at least 4 members (excludes halogenated alkanes) is 1. The van der Waals surface area contributed by atoms with Crippen LogP contribution in [0.5, 0.6) is 0 Å². The molecule has 0 N–H and O–H groups in total. The van der Waals surface area contributed by atoms with Crippen LogP contribution in [0.3, 0.4) is 0 Å². The third kappa shape index (κ3) is 3.62. The fourth-order valence-corrected chi connectivity index (χ4v) is 5.30. The van der Waals surface area contributed by atoms with Crippen LogP contribution in [0.25, 0.3) is 22.3 Å². The zero-order valence-corrected chi connectivity index (χ0v) is 16.7. The molecule has 0 aliphatic rings. The summed E-state index contributed by atoms with van der Waals surface area (Å²) in [4.78, 5) is 0. The Morgan fingerprint density at radius 2 is 1.54 bits per heavy atom. The summed E-state index contributed by atoms with van der Waals surface area (Å²) >= 11 is 0.209. The van der Waals surface area contributed by atoms with Crippen LogP contribution in [0.1, 0.15) is 25.3 Å². The average molecular weight is 405 g/mol. The summed E-state index contributed by atoms with van der Waals surface area (Å²) in [6, 6.07) is 28.0. The normalized spacial score (nSPS) is 11.1. The average Bonchev–Trinajstić information content (AvgIpc) is 3.07. The van der Waals surface area contributed by atoms with Gasteiger partial charge in [-0.25, -0.2) is 0 Å². The molecule has 0 bridgehead atoms. The van der Waals surface area contributed by atoms with E-state index in [2.05, 4.69) is 73.7 Å². The first-order chi connectivity index (χ1) is 12.8. The molecule has 4 aromatic rings. The predicted molar refractivity (Wildman–Crippen MR) is 112 cm³/mol. The first kappa shape index (κ1) is 17.1. The van der Waals surface area contributed by atoms with Gasteiger partial charge in [-0.15, -0.1) is 0 Å². The third-order valence-electron chi connectivity index (χ3n) is 4.55. The number of hydrogen-bond donors (Lipinski definition) is 0. The Kier molecular flexibility index (Phi) is 5.24. The fourth-order valence-electron chi connectivity index (χ4n) is 3.13. The minimum absolute atomic E-state index is 0.209. The predicted octanol–water partition coefficient (Wildman–Crippen LogP) is 5.10. The standard InChI is InChI=1S/C24H22OSe/c1-2-3-9-18-14-16-20(17-15-18)26-24-21-12-7-8-13-22(21)25-23(24)19-10-5-4-6-11-19/h4-8,10-17H,2-3,9H2,1H3. The molecule has 3 aromatic carbocycles. The summed E-state index contributed by atoms with van der Waals surface area (Å²) in [5, 5.41) is 1.24. The van der Waals surface area contributed by atoms with Gasteiger partial charge < -0.3 is 0 Å². The Morgan fingerprint density at radius 3 is 2.31 bits per heavy atom. The van der Waals surface area contributed by atoms with E-state index in [0.29, 0.717) is 0 Å². The quantitative estimate of drug-likeness (QED) is 0.407. The molecule has 4 rings (SSSR count). The molecular formula is C24H22OSe. The van der Waals surface area contributed by atoms with E-state index >= 15 is 0 Å². The van der Waals surface area contributed by atoms with Gasteiger partial charge in [-0.1, -0.05) is 0 Å². The maximum atomic E-state index is 6.25. The van der Waals surface area contributed by atoms with Gasteiger partial charge in [0.25, 0.3) is 0 Å². The van der Waals surface area contributed by atoms with E-state index in [1.807, 2.05) is 12.1 Å². The second-order valence-corrected chi connectivity index (χ2v) is 8.75. The molecule has 0 aliphatic heterocycles. The van der Waals surface area contributed by atoms with Gasteiger partial charge in [-0.3, -0.25) is 0 Å². The minimum atomic E-state index is 0.209. The van der Waals surface area contributed by atoms with Crippen molar-refractivity contribution in [2.75, 3.05) is 0 Å². The number of benzene rings is 3. The molecule has 1 heterocycles. The van der Waals surface area contributed by atoms with Crippen molar-refractivity contribution < 1.29 is 4.42 Å². The van der Waals surface area contributed by atoms with Crippen LogP contribution < -0.4 is 8.92 Å². The summed E-state index contributed by atoms with van der Waals surface area (Å²) in [7, 11) is 0. The van der Waals surface area contributed by atoms with Crippen LogP contribution in [-0.4, -0.2) is 15.0 Å². The van der Waals surface area contributed by atoms with Crippen LogP contribution in [0.15, 0.2) is 83.3 Å². The Labute approximate surface area is 161 Å². The molecule has 0 atom stereocenters. The molecule has 0 unspecified atom stereocenters. The molecule has 0 spiro atoms. The summed E-state index contributed by atoms with van der Waals surface area (Å²) in [5.41, 5.74) is 3.56. The number of hydrogen-bond acceptors (Lipinski definition) is 1. The van der Waals surface area contributed by atoms with Crippen molar-refractivity contribution in [2.24, 2.45) is 0 Å². The Morgan fingerprint density at radius 1 is 0.808 bits per heavy atom. The summed E-state index contributed by atoms with van der Waals surface area (Å²) in [5.74, 6) is 1.02. The van der Waals surface area contributed by atoms with Crippen molar-refractivity contribution in [3.63, 3.8) is 0 Å². The summed E-state index contributed by atoms with van der Waals surface area (Å²) in [6.07, 6.45) is 3.68. The van der Waals surface area contributed by atoms with E-state index in [9.17, 15) is 0 Å². The fraction of sp³-hybridized carbons (Fsp3) is 0.167. The van der Waals surface area contributed by atoms with E-state index in [1.165, 1.54) is 39.1 Å². The number of rotatable bonds is 6. The zero-order valence-electron chi connectivity index (χ0n) is 14.9. The number of furan rings is 1. The van der Waals surface area contributed by atoms with Gasteiger partial charge in [0.1, 0.15) is 0 Å². The second kappa shape index (κ2) is 7.95. The van der Waals surface area contributed by atoms with Crippen LogP contribution in [-0.2, 0) is 6.42 Å². The van der Waals surface area contributed by atoms with E-state index < -0.39 is 0 Å². The van der Waals surface area contributed by atoms with E-state index in [1.54, 1.807) is 0 Å². The number of para-hydroxylation sites is 1. The molecule has 0 aliphatic carbocycles. The Bertz CT molecular complexity index is 984. The van der Waals surface area contributed by atoms with E-state index in [-0.39, 0.29) is 15.0 Å². The second-order valence-electron chi connectivity index (χ2n) is 6.47. The SMILES string of the molecule is CCCCc1ccc([Se]c2c(-c3ccccc3)oc3ccccc23)cc1. The monoisotopic (exact) mass is 406 g/mol. The molecule has 130 valence electrons. The summed E-state index contributed by atoms with van der Waals surface area (Å²) < 4.78 is 8.97. The molecular weight excluding hydrogens is 383 g/mol. The van der Waals surface area contributed by atoms with Crippen LogP contribution >= 0.6 is 0 Å². The van der Waals surface area contributed by atoms with Crippen molar-refractivity contribution in [1.82, 2.24) is 0 Å².